The molecule has 1 heterocycles. The zero-order valence-corrected chi connectivity index (χ0v) is 12.2. The Balaban J connectivity index is 1.78. The van der Waals surface area contributed by atoms with Gasteiger partial charge < -0.3 is 10.4 Å². The highest BCUT2D eigenvalue weighted by Crippen LogP contribution is 2.33. The number of nitrogens with zero attached hydrogens (tertiary/aromatic N) is 1. The summed E-state index contributed by atoms with van der Waals surface area (Å²) in [5.41, 5.74) is 1.97. The van der Waals surface area contributed by atoms with Crippen molar-refractivity contribution in [1.29, 1.82) is 0 Å². The van der Waals surface area contributed by atoms with Crippen LogP contribution >= 0.6 is 0 Å². The van der Waals surface area contributed by atoms with E-state index >= 15 is 0 Å². The summed E-state index contributed by atoms with van der Waals surface area (Å²) in [4.78, 5) is 4.15. The third-order valence-corrected chi connectivity index (χ3v) is 4.53. The summed E-state index contributed by atoms with van der Waals surface area (Å²) in [6, 6.07) is 2.03. The van der Waals surface area contributed by atoms with Crippen LogP contribution in [0.5, 0.6) is 0 Å². The van der Waals surface area contributed by atoms with E-state index in [1.54, 1.807) is 0 Å². The Hall–Kier alpha value is -0.930. The van der Waals surface area contributed by atoms with Gasteiger partial charge in [0.05, 0.1) is 5.60 Å². The quantitative estimate of drug-likeness (QED) is 0.857. The summed E-state index contributed by atoms with van der Waals surface area (Å²) in [5, 5.41) is 13.9. The minimum atomic E-state index is -0.498. The minimum absolute atomic E-state index is 0.498. The molecule has 2 N–H and O–H groups in total. The number of aromatic nitrogens is 1. The molecular weight excluding hydrogens is 236 g/mol. The highest BCUT2D eigenvalue weighted by atomic mass is 16.3. The molecule has 0 bridgehead atoms. The Morgan fingerprint density at radius 3 is 2.79 bits per heavy atom. The number of hydrogen-bond donors (Lipinski definition) is 2. The molecule has 3 heteroatoms. The predicted molar refractivity (Wildman–Crippen MR) is 77.9 cm³/mol. The lowest BCUT2D eigenvalue weighted by Crippen LogP contribution is -2.43. The van der Waals surface area contributed by atoms with Crippen LogP contribution in [0.3, 0.4) is 0 Å². The zero-order chi connectivity index (χ0) is 13.7. The van der Waals surface area contributed by atoms with Crippen molar-refractivity contribution in [1.82, 2.24) is 10.3 Å². The molecule has 2 rings (SSSR count). The SMILES string of the molecule is CCC1CCC(O)(CNCc2cnccc2C)CC1. The molecule has 0 saturated heterocycles. The van der Waals surface area contributed by atoms with Gasteiger partial charge in [-0.3, -0.25) is 4.98 Å². The molecular formula is C16H26N2O. The Bertz CT molecular complexity index is 397. The van der Waals surface area contributed by atoms with Crippen molar-refractivity contribution in [2.45, 2.75) is 58.1 Å². The minimum Gasteiger partial charge on any atom is -0.389 e. The number of pyridine rings is 1. The van der Waals surface area contributed by atoms with Gasteiger partial charge in [0.2, 0.25) is 0 Å². The maximum atomic E-state index is 10.6. The van der Waals surface area contributed by atoms with E-state index in [-0.39, 0.29) is 0 Å². The summed E-state index contributed by atoms with van der Waals surface area (Å²) >= 11 is 0. The largest absolute Gasteiger partial charge is 0.389 e. The molecule has 0 aromatic carbocycles. The Morgan fingerprint density at radius 1 is 1.42 bits per heavy atom. The lowest BCUT2D eigenvalue weighted by Gasteiger charge is -2.36. The van der Waals surface area contributed by atoms with Gasteiger partial charge in [0.15, 0.2) is 0 Å². The van der Waals surface area contributed by atoms with Gasteiger partial charge in [-0.25, -0.2) is 0 Å². The normalized spacial score (nSPS) is 27.4. The van der Waals surface area contributed by atoms with Crippen LogP contribution in [0, 0.1) is 12.8 Å². The van der Waals surface area contributed by atoms with Gasteiger partial charge in [-0.2, -0.15) is 0 Å². The highest BCUT2D eigenvalue weighted by molar-refractivity contribution is 5.21. The highest BCUT2D eigenvalue weighted by Gasteiger charge is 2.32. The second kappa shape index (κ2) is 6.49. The van der Waals surface area contributed by atoms with Gasteiger partial charge in [-0.15, -0.1) is 0 Å². The monoisotopic (exact) mass is 262 g/mol. The van der Waals surface area contributed by atoms with E-state index in [4.69, 9.17) is 0 Å². The molecule has 1 fully saturated rings. The van der Waals surface area contributed by atoms with E-state index in [0.29, 0.717) is 6.54 Å². The molecule has 0 spiro atoms. The fraction of sp³-hybridized carbons (Fsp3) is 0.688. The summed E-state index contributed by atoms with van der Waals surface area (Å²) in [7, 11) is 0. The molecule has 0 radical (unpaired) electrons. The predicted octanol–water partition coefficient (Wildman–Crippen LogP) is 2.81. The number of aryl methyl sites for hydroxylation is 1. The topological polar surface area (TPSA) is 45.1 Å². The van der Waals surface area contributed by atoms with Gasteiger partial charge in [0.25, 0.3) is 0 Å². The zero-order valence-electron chi connectivity index (χ0n) is 12.2. The van der Waals surface area contributed by atoms with E-state index in [9.17, 15) is 5.11 Å². The molecule has 1 aromatic heterocycles. The molecule has 19 heavy (non-hydrogen) atoms. The molecule has 0 atom stereocenters. The Morgan fingerprint density at radius 2 is 2.16 bits per heavy atom. The molecule has 1 saturated carbocycles. The first-order valence-corrected chi connectivity index (χ1v) is 7.45. The molecule has 0 amide bonds. The van der Waals surface area contributed by atoms with Crippen LogP contribution in [0.2, 0.25) is 0 Å². The average molecular weight is 262 g/mol. The average Bonchev–Trinajstić information content (AvgIpc) is 2.42. The number of hydrogen-bond acceptors (Lipinski definition) is 3. The first-order chi connectivity index (χ1) is 9.13. The van der Waals surface area contributed by atoms with Crippen molar-refractivity contribution >= 4 is 0 Å². The molecule has 1 aliphatic carbocycles. The van der Waals surface area contributed by atoms with Crippen LogP contribution in [0.25, 0.3) is 0 Å². The molecule has 106 valence electrons. The fourth-order valence-corrected chi connectivity index (χ4v) is 2.91. The molecule has 0 aliphatic heterocycles. The first kappa shape index (κ1) is 14.5. The summed E-state index contributed by atoms with van der Waals surface area (Å²) in [6.07, 6.45) is 9.17. The van der Waals surface area contributed by atoms with Crippen LogP contribution in [-0.2, 0) is 6.54 Å². The van der Waals surface area contributed by atoms with Crippen molar-refractivity contribution in [3.05, 3.63) is 29.6 Å². The first-order valence-electron chi connectivity index (χ1n) is 7.45. The van der Waals surface area contributed by atoms with Gasteiger partial charge >= 0.3 is 0 Å². The maximum Gasteiger partial charge on any atom is 0.0771 e. The van der Waals surface area contributed by atoms with Gasteiger partial charge in [0, 0.05) is 25.5 Å². The number of rotatable bonds is 5. The van der Waals surface area contributed by atoms with Crippen LogP contribution in [0.4, 0.5) is 0 Å². The van der Waals surface area contributed by atoms with Crippen molar-refractivity contribution in [3.8, 4) is 0 Å². The van der Waals surface area contributed by atoms with Crippen molar-refractivity contribution in [2.75, 3.05) is 6.54 Å². The van der Waals surface area contributed by atoms with Crippen LogP contribution in [-0.4, -0.2) is 22.2 Å². The van der Waals surface area contributed by atoms with Crippen molar-refractivity contribution in [2.24, 2.45) is 5.92 Å². The molecule has 3 nitrogen and oxygen atoms in total. The fourth-order valence-electron chi connectivity index (χ4n) is 2.91. The second-order valence-corrected chi connectivity index (χ2v) is 5.98. The standard InChI is InChI=1S/C16H26N2O/c1-3-14-4-7-16(19,8-5-14)12-18-11-15-10-17-9-6-13(15)2/h6,9-10,14,18-19H,3-5,7-8,11-12H2,1-2H3. The summed E-state index contributed by atoms with van der Waals surface area (Å²) < 4.78 is 0. The molecule has 0 unspecified atom stereocenters. The van der Waals surface area contributed by atoms with E-state index in [2.05, 4.69) is 24.1 Å². The van der Waals surface area contributed by atoms with E-state index < -0.39 is 5.60 Å². The van der Waals surface area contributed by atoms with Gasteiger partial charge in [-0.1, -0.05) is 13.3 Å². The van der Waals surface area contributed by atoms with Crippen LogP contribution in [0.1, 0.15) is 50.2 Å². The Kier molecular flexibility index (Phi) is 4.94. The third kappa shape index (κ3) is 4.02. The molecule has 1 aliphatic rings. The number of aliphatic hydroxyl groups is 1. The molecule has 1 aromatic rings. The Labute approximate surface area is 116 Å². The smallest absolute Gasteiger partial charge is 0.0771 e. The van der Waals surface area contributed by atoms with Gasteiger partial charge in [0.1, 0.15) is 0 Å². The summed E-state index contributed by atoms with van der Waals surface area (Å²) in [6.45, 7) is 5.83. The van der Waals surface area contributed by atoms with E-state index in [0.717, 1.165) is 25.3 Å². The van der Waals surface area contributed by atoms with E-state index in [1.165, 1.54) is 30.4 Å². The second-order valence-electron chi connectivity index (χ2n) is 5.98. The van der Waals surface area contributed by atoms with Crippen LogP contribution < -0.4 is 5.32 Å². The maximum absolute atomic E-state index is 10.6. The third-order valence-electron chi connectivity index (χ3n) is 4.53. The van der Waals surface area contributed by atoms with Crippen molar-refractivity contribution < 1.29 is 5.11 Å². The number of nitrogens with one attached hydrogen (secondary N) is 1. The lowest BCUT2D eigenvalue weighted by atomic mass is 9.78. The summed E-state index contributed by atoms with van der Waals surface area (Å²) in [5.74, 6) is 0.820. The van der Waals surface area contributed by atoms with Gasteiger partial charge in [-0.05, 0) is 55.7 Å². The van der Waals surface area contributed by atoms with Crippen LogP contribution in [0.15, 0.2) is 18.5 Å². The lowest BCUT2D eigenvalue weighted by molar-refractivity contribution is -0.00882. The van der Waals surface area contributed by atoms with E-state index in [1.807, 2.05) is 18.5 Å². The van der Waals surface area contributed by atoms with Crippen molar-refractivity contribution in [3.63, 3.8) is 0 Å².